The number of nitrogens with zero attached hydrogens (tertiary/aromatic N) is 3. The van der Waals surface area contributed by atoms with Crippen LogP contribution in [0.15, 0.2) is 29.7 Å². The second kappa shape index (κ2) is 6.90. The van der Waals surface area contributed by atoms with E-state index >= 15 is 0 Å². The zero-order valence-corrected chi connectivity index (χ0v) is 13.4. The minimum atomic E-state index is 0.335. The molecule has 0 fully saturated rings. The van der Waals surface area contributed by atoms with Crippen LogP contribution in [0, 0.1) is 13.8 Å². The van der Waals surface area contributed by atoms with Crippen LogP contribution in [0.5, 0.6) is 0 Å². The Hall–Kier alpha value is -1.33. The van der Waals surface area contributed by atoms with Gasteiger partial charge in [0.25, 0.3) is 0 Å². The zero-order chi connectivity index (χ0) is 14.5. The minimum absolute atomic E-state index is 0.335. The van der Waals surface area contributed by atoms with Crippen LogP contribution in [0.4, 0.5) is 0 Å². The summed E-state index contributed by atoms with van der Waals surface area (Å²) in [6, 6.07) is 6.99. The molecule has 1 atom stereocenters. The van der Waals surface area contributed by atoms with E-state index in [9.17, 15) is 0 Å². The Morgan fingerprint density at radius 1 is 1.35 bits per heavy atom. The molecular formula is C15H22N4S. The summed E-state index contributed by atoms with van der Waals surface area (Å²) in [5.41, 5.74) is 4.02. The molecule has 0 aliphatic heterocycles. The van der Waals surface area contributed by atoms with E-state index in [0.29, 0.717) is 6.04 Å². The molecule has 0 aliphatic carbocycles. The normalized spacial score (nSPS) is 12.6. The molecule has 2 rings (SSSR count). The number of aromatic nitrogens is 3. The van der Waals surface area contributed by atoms with E-state index in [1.165, 1.54) is 16.7 Å². The molecule has 1 unspecified atom stereocenters. The van der Waals surface area contributed by atoms with Crippen LogP contribution in [-0.4, -0.2) is 27.1 Å². The Kier molecular flexibility index (Phi) is 5.20. The monoisotopic (exact) mass is 290 g/mol. The molecule has 0 saturated carbocycles. The van der Waals surface area contributed by atoms with Crippen LogP contribution >= 0.6 is 11.8 Å². The SMILES string of the molecule is CCNC(CSc1ncnn1C)c1ccc(C)cc1C. The Bertz CT molecular complexity index is 565. The molecule has 0 aliphatic rings. The van der Waals surface area contributed by atoms with Crippen molar-refractivity contribution in [3.8, 4) is 0 Å². The van der Waals surface area contributed by atoms with Gasteiger partial charge in [0.1, 0.15) is 6.33 Å². The van der Waals surface area contributed by atoms with Gasteiger partial charge >= 0.3 is 0 Å². The molecule has 2 aromatic rings. The van der Waals surface area contributed by atoms with Gasteiger partial charge in [-0.2, -0.15) is 5.10 Å². The van der Waals surface area contributed by atoms with Crippen molar-refractivity contribution in [2.75, 3.05) is 12.3 Å². The second-order valence-corrected chi connectivity index (χ2v) is 5.93. The maximum absolute atomic E-state index is 4.27. The Balaban J connectivity index is 2.12. The number of rotatable bonds is 6. The van der Waals surface area contributed by atoms with E-state index in [2.05, 4.69) is 54.4 Å². The van der Waals surface area contributed by atoms with Crippen LogP contribution < -0.4 is 5.32 Å². The number of aryl methyl sites for hydroxylation is 3. The molecule has 1 heterocycles. The molecule has 1 N–H and O–H groups in total. The molecule has 108 valence electrons. The van der Waals surface area contributed by atoms with Crippen molar-refractivity contribution < 1.29 is 0 Å². The number of hydrogen-bond donors (Lipinski definition) is 1. The first-order chi connectivity index (χ1) is 9.61. The molecule has 20 heavy (non-hydrogen) atoms. The van der Waals surface area contributed by atoms with Crippen molar-refractivity contribution in [3.05, 3.63) is 41.2 Å². The third kappa shape index (κ3) is 3.61. The van der Waals surface area contributed by atoms with Crippen molar-refractivity contribution in [3.63, 3.8) is 0 Å². The highest BCUT2D eigenvalue weighted by atomic mass is 32.2. The fourth-order valence-corrected chi connectivity index (χ4v) is 3.26. The Labute approximate surface area is 125 Å². The molecule has 0 radical (unpaired) electrons. The van der Waals surface area contributed by atoms with Gasteiger partial charge in [-0.15, -0.1) is 0 Å². The molecule has 0 amide bonds. The molecule has 5 heteroatoms. The van der Waals surface area contributed by atoms with Crippen molar-refractivity contribution in [1.29, 1.82) is 0 Å². The summed E-state index contributed by atoms with van der Waals surface area (Å²) in [5, 5.41) is 8.63. The molecular weight excluding hydrogens is 268 g/mol. The number of nitrogens with one attached hydrogen (secondary N) is 1. The third-order valence-corrected chi connectivity index (χ3v) is 4.43. The lowest BCUT2D eigenvalue weighted by molar-refractivity contribution is 0.600. The van der Waals surface area contributed by atoms with Crippen LogP contribution in [0.2, 0.25) is 0 Å². The van der Waals surface area contributed by atoms with Crippen LogP contribution in [0.3, 0.4) is 0 Å². The standard InChI is InChI=1S/C15H22N4S/c1-5-16-14(9-20-15-17-10-18-19(15)4)13-7-6-11(2)8-12(13)3/h6-8,10,14,16H,5,9H2,1-4H3. The molecule has 0 spiro atoms. The predicted octanol–water partition coefficient (Wildman–Crippen LogP) is 2.87. The quantitative estimate of drug-likeness (QED) is 0.831. The summed E-state index contributed by atoms with van der Waals surface area (Å²) in [4.78, 5) is 4.27. The second-order valence-electron chi connectivity index (χ2n) is 4.95. The molecule has 0 bridgehead atoms. The third-order valence-electron chi connectivity index (χ3n) is 3.30. The molecule has 4 nitrogen and oxygen atoms in total. The topological polar surface area (TPSA) is 42.7 Å². The number of thioether (sulfide) groups is 1. The maximum Gasteiger partial charge on any atom is 0.185 e. The van der Waals surface area contributed by atoms with Gasteiger partial charge in [0, 0.05) is 18.8 Å². The first kappa shape index (κ1) is 15.1. The van der Waals surface area contributed by atoms with Gasteiger partial charge in [-0.05, 0) is 31.5 Å². The van der Waals surface area contributed by atoms with Gasteiger partial charge in [-0.25, -0.2) is 9.67 Å². The summed E-state index contributed by atoms with van der Waals surface area (Å²) < 4.78 is 1.82. The summed E-state index contributed by atoms with van der Waals surface area (Å²) in [5.74, 6) is 0.949. The lowest BCUT2D eigenvalue weighted by Gasteiger charge is -2.20. The Morgan fingerprint density at radius 3 is 2.75 bits per heavy atom. The predicted molar refractivity (Wildman–Crippen MR) is 84.1 cm³/mol. The average molecular weight is 290 g/mol. The summed E-state index contributed by atoms with van der Waals surface area (Å²) >= 11 is 1.74. The van der Waals surface area contributed by atoms with Crippen LogP contribution in [-0.2, 0) is 7.05 Å². The fourth-order valence-electron chi connectivity index (χ4n) is 2.30. The summed E-state index contributed by atoms with van der Waals surface area (Å²) in [6.45, 7) is 7.41. The highest BCUT2D eigenvalue weighted by molar-refractivity contribution is 7.99. The van der Waals surface area contributed by atoms with E-state index in [0.717, 1.165) is 17.5 Å². The van der Waals surface area contributed by atoms with Crippen LogP contribution in [0.1, 0.15) is 29.7 Å². The van der Waals surface area contributed by atoms with Gasteiger partial charge in [-0.3, -0.25) is 0 Å². The Morgan fingerprint density at radius 2 is 2.15 bits per heavy atom. The maximum atomic E-state index is 4.27. The highest BCUT2D eigenvalue weighted by Crippen LogP contribution is 2.25. The first-order valence-corrected chi connectivity index (χ1v) is 7.87. The molecule has 1 aromatic heterocycles. The van der Waals surface area contributed by atoms with Gasteiger partial charge in [-0.1, -0.05) is 42.4 Å². The van der Waals surface area contributed by atoms with Crippen molar-refractivity contribution in [2.45, 2.75) is 32.0 Å². The molecule has 1 aromatic carbocycles. The number of hydrogen-bond acceptors (Lipinski definition) is 4. The lowest BCUT2D eigenvalue weighted by Crippen LogP contribution is -2.24. The first-order valence-electron chi connectivity index (χ1n) is 6.89. The van der Waals surface area contributed by atoms with Crippen molar-refractivity contribution >= 4 is 11.8 Å². The van der Waals surface area contributed by atoms with Gasteiger partial charge in [0.05, 0.1) is 0 Å². The lowest BCUT2D eigenvalue weighted by atomic mass is 10.0. The average Bonchev–Trinajstić information content (AvgIpc) is 2.81. The molecule has 0 saturated heterocycles. The zero-order valence-electron chi connectivity index (χ0n) is 12.6. The van der Waals surface area contributed by atoms with E-state index in [1.807, 2.05) is 11.7 Å². The largest absolute Gasteiger partial charge is 0.309 e. The van der Waals surface area contributed by atoms with Gasteiger partial charge < -0.3 is 5.32 Å². The van der Waals surface area contributed by atoms with Gasteiger partial charge in [0.2, 0.25) is 0 Å². The smallest absolute Gasteiger partial charge is 0.185 e. The van der Waals surface area contributed by atoms with E-state index < -0.39 is 0 Å². The van der Waals surface area contributed by atoms with Gasteiger partial charge in [0.15, 0.2) is 5.16 Å². The van der Waals surface area contributed by atoms with Crippen molar-refractivity contribution in [2.24, 2.45) is 7.05 Å². The van der Waals surface area contributed by atoms with Crippen molar-refractivity contribution in [1.82, 2.24) is 20.1 Å². The summed E-state index contributed by atoms with van der Waals surface area (Å²) in [7, 11) is 1.93. The fraction of sp³-hybridized carbons (Fsp3) is 0.467. The van der Waals surface area contributed by atoms with E-state index in [1.54, 1.807) is 18.1 Å². The van der Waals surface area contributed by atoms with Crippen LogP contribution in [0.25, 0.3) is 0 Å². The van der Waals surface area contributed by atoms with E-state index in [4.69, 9.17) is 0 Å². The van der Waals surface area contributed by atoms with E-state index in [-0.39, 0.29) is 0 Å². The minimum Gasteiger partial charge on any atom is -0.309 e. The highest BCUT2D eigenvalue weighted by Gasteiger charge is 2.14. The number of benzene rings is 1. The summed E-state index contributed by atoms with van der Waals surface area (Å²) in [6.07, 6.45) is 1.60.